The van der Waals surface area contributed by atoms with Gasteiger partial charge in [0.15, 0.2) is 36.1 Å². The summed E-state index contributed by atoms with van der Waals surface area (Å²) in [6.45, 7) is 2.31. The molecule has 6 rings (SSSR count). The zero-order valence-electron chi connectivity index (χ0n) is 34.9. The van der Waals surface area contributed by atoms with Crippen molar-refractivity contribution in [2.45, 2.75) is 157 Å². The van der Waals surface area contributed by atoms with Gasteiger partial charge in [0.25, 0.3) is 0 Å². The molecule has 13 atom stereocenters. The van der Waals surface area contributed by atoms with Crippen LogP contribution in [0.3, 0.4) is 0 Å². The number of ether oxygens (including phenoxy) is 3. The van der Waals surface area contributed by atoms with Crippen LogP contribution in [0.15, 0.2) is 28.8 Å². The Morgan fingerprint density at radius 2 is 1.78 bits per heavy atom. The first-order valence-electron chi connectivity index (χ1n) is 22.3. The van der Waals surface area contributed by atoms with Crippen molar-refractivity contribution in [2.24, 2.45) is 46.2 Å². The predicted octanol–water partition coefficient (Wildman–Crippen LogP) is 1.30. The molecule has 0 aromatic rings. The number of primary amides is 1. The predicted molar refractivity (Wildman–Crippen MR) is 220 cm³/mol. The minimum absolute atomic E-state index is 0.00194. The van der Waals surface area contributed by atoms with Crippen LogP contribution >= 0.6 is 0 Å². The fourth-order valence-corrected chi connectivity index (χ4v) is 11.0. The summed E-state index contributed by atoms with van der Waals surface area (Å²) in [7, 11) is 1.91. The number of aliphatic imine (C=N–C) groups is 1. The average Bonchev–Trinajstić information content (AvgIpc) is 3.76. The molecule has 0 aromatic carbocycles. The normalized spacial score (nSPS) is 39.7. The number of carbonyl (C=O) groups excluding carboxylic acids is 2. The lowest BCUT2D eigenvalue weighted by Crippen LogP contribution is -2.79. The van der Waals surface area contributed by atoms with Gasteiger partial charge < -0.3 is 61.2 Å². The summed E-state index contributed by atoms with van der Waals surface area (Å²) in [5.41, 5.74) is 1.16. The van der Waals surface area contributed by atoms with E-state index in [4.69, 9.17) is 19.9 Å². The highest BCUT2D eigenvalue weighted by molar-refractivity contribution is 5.82. The Hall–Kier alpha value is -2.77. The summed E-state index contributed by atoms with van der Waals surface area (Å²) < 4.78 is 18.4. The standard InChI is InChI=1S/C44H68N4O12/c1-46-18-17-28(9-5-8-26-6-3-2-4-7-26)30(20-27-16-19-47-22-27)23-48-24-43(56)42(60-38(41(54)55)39(52)44(43,57)25-49)58-32-14-15-33-34(21-32)59-37(40(45)53)35(36(33)51)29-10-12-31(50)13-11-29/h5,8,16,19,22,25-26,28-39,42,46,48,50-52,56-57H,2-4,6-7,9-15,17-18,20-21,23-24H2,1H3,(H2-,45,53,54,55)/p+1. The van der Waals surface area contributed by atoms with Crippen LogP contribution in [-0.2, 0) is 28.6 Å². The fraction of sp³-hybridized carbons (Fsp3) is 0.795. The maximum atomic E-state index is 12.8. The zero-order chi connectivity index (χ0) is 43.0. The lowest BCUT2D eigenvalue weighted by atomic mass is 9.66. The van der Waals surface area contributed by atoms with Gasteiger partial charge in [-0.2, -0.15) is 0 Å². The van der Waals surface area contributed by atoms with E-state index < -0.39 is 84.6 Å². The molecule has 0 aromatic heterocycles. The molecule has 10 N–H and O–H groups in total. The van der Waals surface area contributed by atoms with Crippen LogP contribution in [0.4, 0.5) is 0 Å². The number of rotatable bonds is 19. The third kappa shape index (κ3) is 10.5. The fourth-order valence-electron chi connectivity index (χ4n) is 11.0. The number of nitrogens with two attached hydrogens (primary N) is 1. The second kappa shape index (κ2) is 21.1. The molecule has 0 spiro atoms. The minimum atomic E-state index is -3.03. The molecule has 3 aliphatic heterocycles. The highest BCUT2D eigenvalue weighted by Gasteiger charge is 2.67. The van der Waals surface area contributed by atoms with Crippen LogP contribution in [0.25, 0.3) is 0 Å². The van der Waals surface area contributed by atoms with Gasteiger partial charge in [0.1, 0.15) is 24.3 Å². The van der Waals surface area contributed by atoms with E-state index in [0.717, 1.165) is 25.0 Å². The quantitative estimate of drug-likeness (QED) is 0.0505. The molecule has 3 aliphatic carbocycles. The van der Waals surface area contributed by atoms with Crippen LogP contribution < -0.4 is 16.4 Å². The maximum Gasteiger partial charge on any atom is 0.335 e. The number of nitrogens with one attached hydrogen (secondary N) is 2. The van der Waals surface area contributed by atoms with Crippen molar-refractivity contribution in [2.75, 3.05) is 26.7 Å². The number of allylic oxidation sites excluding steroid dienone is 3. The molecule has 336 valence electrons. The highest BCUT2D eigenvalue weighted by Crippen LogP contribution is 2.47. The van der Waals surface area contributed by atoms with Crippen LogP contribution in [0.1, 0.15) is 96.3 Å². The van der Waals surface area contributed by atoms with E-state index in [1.165, 1.54) is 32.1 Å². The molecular formula is C44H69N4O12+. The first-order chi connectivity index (χ1) is 28.8. The number of nitrogens with zero attached hydrogens (tertiary/aromatic N) is 1. The van der Waals surface area contributed by atoms with Crippen LogP contribution in [-0.4, -0.2) is 142 Å². The van der Waals surface area contributed by atoms with Gasteiger partial charge in [0, 0.05) is 31.2 Å². The lowest BCUT2D eigenvalue weighted by molar-refractivity contribution is -0.363. The molecule has 1 amide bonds. The van der Waals surface area contributed by atoms with Crippen molar-refractivity contribution in [3.63, 3.8) is 0 Å². The van der Waals surface area contributed by atoms with Crippen molar-refractivity contribution in [1.82, 2.24) is 10.6 Å². The molecular weight excluding hydrogens is 777 g/mol. The molecule has 3 heterocycles. The van der Waals surface area contributed by atoms with Crippen LogP contribution in [0.5, 0.6) is 0 Å². The summed E-state index contributed by atoms with van der Waals surface area (Å²) in [5, 5.41) is 73.7. The van der Waals surface area contributed by atoms with Gasteiger partial charge in [0.05, 0.1) is 30.5 Å². The lowest BCUT2D eigenvalue weighted by Gasteiger charge is -2.54. The number of carboxylic acids is 1. The zero-order valence-corrected chi connectivity index (χ0v) is 34.9. The molecule has 6 aliphatic rings. The molecule has 3 saturated carbocycles. The number of fused-ring (bicyclic) bond motifs is 1. The van der Waals surface area contributed by atoms with Gasteiger partial charge >= 0.3 is 5.97 Å². The largest absolute Gasteiger partial charge is 0.479 e. The van der Waals surface area contributed by atoms with Gasteiger partial charge in [-0.25, -0.2) is 4.79 Å². The number of aliphatic hydroxyl groups excluding tert-OH is 3. The molecule has 60 heavy (non-hydrogen) atoms. The number of carboxylic acid groups (broad SMARTS) is 1. The number of aldehydes is 1. The van der Waals surface area contributed by atoms with Crippen molar-refractivity contribution in [3.8, 4) is 0 Å². The Kier molecular flexibility index (Phi) is 16.4. The monoisotopic (exact) mass is 845 g/mol. The van der Waals surface area contributed by atoms with Gasteiger partial charge in [0.2, 0.25) is 5.91 Å². The molecule has 16 nitrogen and oxygen atoms in total. The summed E-state index contributed by atoms with van der Waals surface area (Å²) in [6.07, 6.45) is 9.65. The van der Waals surface area contributed by atoms with Crippen molar-refractivity contribution >= 4 is 24.4 Å². The second-order valence-electron chi connectivity index (χ2n) is 18.4. The number of aliphatic carboxylic acids is 1. The Morgan fingerprint density at radius 3 is 2.43 bits per heavy atom. The number of carbonyl (C=O) groups is 3. The smallest absolute Gasteiger partial charge is 0.335 e. The molecule has 2 saturated heterocycles. The number of amides is 1. The first-order valence-corrected chi connectivity index (χ1v) is 22.3. The number of aliphatic hydroxyl groups is 5. The third-order valence-corrected chi connectivity index (χ3v) is 14.5. The van der Waals surface area contributed by atoms with Gasteiger partial charge in [-0.3, -0.25) is 9.59 Å². The van der Waals surface area contributed by atoms with E-state index >= 15 is 0 Å². The van der Waals surface area contributed by atoms with Gasteiger partial charge in [-0.1, -0.05) is 31.4 Å². The molecule has 13 unspecified atom stereocenters. The maximum absolute atomic E-state index is 12.8. The topological polar surface area (TPSA) is 263 Å². The Bertz CT molecular complexity index is 1530. The van der Waals surface area contributed by atoms with E-state index in [1.807, 2.05) is 19.3 Å². The highest BCUT2D eigenvalue weighted by atomic mass is 16.7. The summed E-state index contributed by atoms with van der Waals surface area (Å²) >= 11 is 0. The molecule has 0 radical (unpaired) electrons. The molecule has 16 heteroatoms. The van der Waals surface area contributed by atoms with E-state index in [1.54, 1.807) is 6.54 Å². The van der Waals surface area contributed by atoms with Gasteiger partial charge in [-0.05, 0) is 108 Å². The van der Waals surface area contributed by atoms with E-state index in [-0.39, 0.29) is 36.4 Å². The van der Waals surface area contributed by atoms with Gasteiger partial charge in [-0.15, -0.1) is 4.99 Å². The van der Waals surface area contributed by atoms with Crippen molar-refractivity contribution in [1.29, 1.82) is 0 Å². The average molecular weight is 846 g/mol. The summed E-state index contributed by atoms with van der Waals surface area (Å²) in [5.74, 6) is -2.61. The first kappa shape index (κ1) is 46.7. The third-order valence-electron chi connectivity index (χ3n) is 14.5. The Balaban J connectivity index is 1.19. The van der Waals surface area contributed by atoms with Crippen LogP contribution in [0.2, 0.25) is 0 Å². The summed E-state index contributed by atoms with van der Waals surface area (Å²) in [4.78, 5) is 42.1. The SMILES string of the molecule is CNCCC(CC=CC1CCCCC1)C(CNCC1(O)C(OC2CCC3C(C2)OC(C(N)=O)C(C2CCC(O)CC2)C3O)OC(C(=O)O)C(O)C1(O)C=O)CC1=C[CH+]N=C1. The van der Waals surface area contributed by atoms with Crippen LogP contribution in [0, 0.1) is 42.1 Å². The van der Waals surface area contributed by atoms with Crippen molar-refractivity contribution in [3.05, 3.63) is 30.3 Å². The summed E-state index contributed by atoms with van der Waals surface area (Å²) in [6, 6.07) is 0. The molecule has 5 fully saturated rings. The number of hydrogen-bond acceptors (Lipinski definition) is 14. The minimum Gasteiger partial charge on any atom is -0.479 e. The van der Waals surface area contributed by atoms with Crippen molar-refractivity contribution < 1.29 is 59.2 Å². The number of hydrogen-bond donors (Lipinski definition) is 9. The second-order valence-corrected chi connectivity index (χ2v) is 18.4. The van der Waals surface area contributed by atoms with E-state index in [2.05, 4.69) is 27.8 Å². The Morgan fingerprint density at radius 1 is 1.03 bits per heavy atom. The van der Waals surface area contributed by atoms with E-state index in [0.29, 0.717) is 57.4 Å². The van der Waals surface area contributed by atoms with E-state index in [9.17, 15) is 45.0 Å². The Labute approximate surface area is 353 Å². The molecule has 0 bridgehead atoms.